The zero-order chi connectivity index (χ0) is 36.7. The highest BCUT2D eigenvalue weighted by Crippen LogP contribution is 2.42. The van der Waals surface area contributed by atoms with Crippen LogP contribution in [0.25, 0.3) is 110 Å². The van der Waals surface area contributed by atoms with Crippen molar-refractivity contribution in [1.82, 2.24) is 19.1 Å². The van der Waals surface area contributed by atoms with Crippen molar-refractivity contribution in [2.75, 3.05) is 0 Å². The lowest BCUT2D eigenvalue weighted by Gasteiger charge is -2.15. The molecule has 3 aromatic heterocycles. The summed E-state index contributed by atoms with van der Waals surface area (Å²) in [7, 11) is 0. The van der Waals surface area contributed by atoms with E-state index in [1.807, 2.05) is 0 Å². The van der Waals surface area contributed by atoms with Crippen LogP contribution in [0.5, 0.6) is 0 Å². The van der Waals surface area contributed by atoms with Gasteiger partial charge in [-0.3, -0.25) is 4.57 Å². The van der Waals surface area contributed by atoms with Crippen LogP contribution < -0.4 is 0 Å². The standard InChI is InChI=1S/C52H32N4/c1-2-17-36(18-3-1)55-46-26-11-9-22-43(46)49-38(23-13-27-47(49)55)35-29-30-41-40-21-8-10-25-45(40)56(48(41)32-35)52-53-50-39-20-7-5-15-34(39)28-31-44(50)51(54-52)42-24-12-16-33-14-4-6-19-37(33)42/h1-32H. The van der Waals surface area contributed by atoms with E-state index < -0.39 is 0 Å². The first-order valence-electron chi connectivity index (χ1n) is 19.1. The van der Waals surface area contributed by atoms with E-state index in [9.17, 15) is 0 Å². The first-order valence-corrected chi connectivity index (χ1v) is 19.1. The van der Waals surface area contributed by atoms with Gasteiger partial charge in [0.05, 0.1) is 33.3 Å². The molecule has 260 valence electrons. The molecule has 0 amide bonds. The summed E-state index contributed by atoms with van der Waals surface area (Å²) in [6.07, 6.45) is 0. The minimum Gasteiger partial charge on any atom is -0.309 e. The summed E-state index contributed by atoms with van der Waals surface area (Å²) in [6.45, 7) is 0. The van der Waals surface area contributed by atoms with E-state index in [-0.39, 0.29) is 0 Å². The molecule has 0 saturated heterocycles. The number of hydrogen-bond donors (Lipinski definition) is 0. The molecule has 0 aliphatic heterocycles. The Hall–Kier alpha value is -7.56. The molecule has 0 spiro atoms. The number of nitrogens with zero attached hydrogens (tertiary/aromatic N) is 4. The van der Waals surface area contributed by atoms with E-state index in [0.717, 1.165) is 60.6 Å². The summed E-state index contributed by atoms with van der Waals surface area (Å²) >= 11 is 0. The number of hydrogen-bond acceptors (Lipinski definition) is 2. The highest BCUT2D eigenvalue weighted by atomic mass is 15.2. The van der Waals surface area contributed by atoms with Crippen LogP contribution in [0, 0.1) is 0 Å². The van der Waals surface area contributed by atoms with Gasteiger partial charge in [-0.05, 0) is 69.8 Å². The molecule has 0 aliphatic carbocycles. The third-order valence-corrected chi connectivity index (χ3v) is 11.5. The van der Waals surface area contributed by atoms with Gasteiger partial charge in [-0.2, -0.15) is 0 Å². The van der Waals surface area contributed by atoms with Crippen molar-refractivity contribution in [3.8, 4) is 34.0 Å². The maximum Gasteiger partial charge on any atom is 0.235 e. The van der Waals surface area contributed by atoms with E-state index in [1.165, 1.54) is 43.5 Å². The predicted molar refractivity (Wildman–Crippen MR) is 234 cm³/mol. The van der Waals surface area contributed by atoms with Crippen LogP contribution in [-0.2, 0) is 0 Å². The highest BCUT2D eigenvalue weighted by molar-refractivity contribution is 6.17. The van der Waals surface area contributed by atoms with E-state index >= 15 is 0 Å². The lowest BCUT2D eigenvalue weighted by atomic mass is 9.97. The second kappa shape index (κ2) is 12.0. The fourth-order valence-corrected chi connectivity index (χ4v) is 9.06. The van der Waals surface area contributed by atoms with Gasteiger partial charge in [-0.15, -0.1) is 0 Å². The molecule has 3 heterocycles. The summed E-state index contributed by atoms with van der Waals surface area (Å²) in [6, 6.07) is 69.6. The van der Waals surface area contributed by atoms with Crippen LogP contribution in [-0.4, -0.2) is 19.1 Å². The minimum atomic E-state index is 0.652. The van der Waals surface area contributed by atoms with Crippen molar-refractivity contribution >= 4 is 76.1 Å². The number of aromatic nitrogens is 4. The molecular weight excluding hydrogens is 681 g/mol. The summed E-state index contributed by atoms with van der Waals surface area (Å²) in [5.41, 5.74) is 10.9. The minimum absolute atomic E-state index is 0.652. The lowest BCUT2D eigenvalue weighted by molar-refractivity contribution is 1.02. The molecule has 9 aromatic carbocycles. The van der Waals surface area contributed by atoms with Gasteiger partial charge in [0.15, 0.2) is 0 Å². The molecule has 0 N–H and O–H groups in total. The molecule has 12 rings (SSSR count). The van der Waals surface area contributed by atoms with E-state index in [1.54, 1.807) is 0 Å². The molecule has 4 heteroatoms. The Bertz CT molecular complexity index is 3530. The second-order valence-corrected chi connectivity index (χ2v) is 14.6. The highest BCUT2D eigenvalue weighted by Gasteiger charge is 2.21. The third kappa shape index (κ3) is 4.47. The van der Waals surface area contributed by atoms with E-state index in [0.29, 0.717) is 5.95 Å². The summed E-state index contributed by atoms with van der Waals surface area (Å²) in [5.74, 6) is 0.652. The first-order chi connectivity index (χ1) is 27.8. The maximum atomic E-state index is 5.55. The van der Waals surface area contributed by atoms with Crippen LogP contribution in [0.3, 0.4) is 0 Å². The molecule has 0 atom stereocenters. The average Bonchev–Trinajstić information content (AvgIpc) is 3.79. The first kappa shape index (κ1) is 30.9. The van der Waals surface area contributed by atoms with Crippen LogP contribution in [0.2, 0.25) is 0 Å². The molecule has 4 nitrogen and oxygen atoms in total. The van der Waals surface area contributed by atoms with Crippen molar-refractivity contribution in [1.29, 1.82) is 0 Å². The zero-order valence-corrected chi connectivity index (χ0v) is 30.3. The predicted octanol–water partition coefficient (Wildman–Crippen LogP) is 13.5. The average molecular weight is 713 g/mol. The third-order valence-electron chi connectivity index (χ3n) is 11.5. The fraction of sp³-hybridized carbons (Fsp3) is 0. The SMILES string of the molecule is c1ccc(-n2c3ccccc3c3c(-c4ccc5c6ccccc6n(-c6nc(-c7cccc8ccccc78)c7ccc8ccccc8c7n6)c5c4)cccc32)cc1. The molecule has 0 aliphatic rings. The Morgan fingerprint density at radius 1 is 0.339 bits per heavy atom. The summed E-state index contributed by atoms with van der Waals surface area (Å²) < 4.78 is 4.66. The van der Waals surface area contributed by atoms with Gasteiger partial charge < -0.3 is 4.57 Å². The van der Waals surface area contributed by atoms with Gasteiger partial charge in [-0.1, -0.05) is 152 Å². The summed E-state index contributed by atoms with van der Waals surface area (Å²) in [4.78, 5) is 11.0. The maximum absolute atomic E-state index is 5.55. The van der Waals surface area contributed by atoms with Crippen molar-refractivity contribution in [2.24, 2.45) is 0 Å². The molecule has 0 unspecified atom stereocenters. The van der Waals surface area contributed by atoms with Crippen molar-refractivity contribution in [3.63, 3.8) is 0 Å². The van der Waals surface area contributed by atoms with Crippen molar-refractivity contribution in [3.05, 3.63) is 194 Å². The molecular formula is C52H32N4. The largest absolute Gasteiger partial charge is 0.309 e. The Kier molecular flexibility index (Phi) is 6.60. The molecule has 0 saturated carbocycles. The Balaban J connectivity index is 1.17. The van der Waals surface area contributed by atoms with Crippen LogP contribution >= 0.6 is 0 Å². The number of fused-ring (bicyclic) bond motifs is 10. The van der Waals surface area contributed by atoms with Crippen LogP contribution in [0.1, 0.15) is 0 Å². The Labute approximate surface area is 322 Å². The van der Waals surface area contributed by atoms with Gasteiger partial charge in [0.25, 0.3) is 0 Å². The van der Waals surface area contributed by atoms with Crippen molar-refractivity contribution in [2.45, 2.75) is 0 Å². The summed E-state index contributed by atoms with van der Waals surface area (Å²) in [5, 5.41) is 10.4. The van der Waals surface area contributed by atoms with Crippen LogP contribution in [0.4, 0.5) is 0 Å². The monoisotopic (exact) mass is 712 g/mol. The smallest absolute Gasteiger partial charge is 0.235 e. The second-order valence-electron chi connectivity index (χ2n) is 14.6. The lowest BCUT2D eigenvalue weighted by Crippen LogP contribution is -2.04. The van der Waals surface area contributed by atoms with Gasteiger partial charge in [-0.25, -0.2) is 9.97 Å². The molecule has 0 bridgehead atoms. The topological polar surface area (TPSA) is 35.6 Å². The normalized spacial score (nSPS) is 11.9. The number of para-hydroxylation sites is 3. The van der Waals surface area contributed by atoms with Gasteiger partial charge in [0, 0.05) is 43.6 Å². The Morgan fingerprint density at radius 2 is 0.929 bits per heavy atom. The zero-order valence-electron chi connectivity index (χ0n) is 30.3. The number of benzene rings is 9. The van der Waals surface area contributed by atoms with Gasteiger partial charge in [0.1, 0.15) is 0 Å². The molecule has 0 radical (unpaired) electrons. The van der Waals surface area contributed by atoms with E-state index in [4.69, 9.17) is 9.97 Å². The number of rotatable bonds is 4. The molecule has 12 aromatic rings. The van der Waals surface area contributed by atoms with E-state index in [2.05, 4.69) is 203 Å². The molecule has 0 fully saturated rings. The fourth-order valence-electron chi connectivity index (χ4n) is 9.06. The molecule has 56 heavy (non-hydrogen) atoms. The Morgan fingerprint density at radius 3 is 1.77 bits per heavy atom. The quantitative estimate of drug-likeness (QED) is 0.170. The van der Waals surface area contributed by atoms with Crippen molar-refractivity contribution < 1.29 is 0 Å². The van der Waals surface area contributed by atoms with Gasteiger partial charge in [0.2, 0.25) is 5.95 Å². The van der Waals surface area contributed by atoms with Gasteiger partial charge >= 0.3 is 0 Å². The van der Waals surface area contributed by atoms with Crippen LogP contribution in [0.15, 0.2) is 194 Å².